The van der Waals surface area contributed by atoms with Crippen molar-refractivity contribution in [3.8, 4) is 11.4 Å². The Balaban J connectivity index is 1.67. The van der Waals surface area contributed by atoms with Crippen molar-refractivity contribution in [2.24, 2.45) is 5.73 Å². The number of ether oxygens (including phenoxy) is 1. The molecule has 1 aromatic heterocycles. The van der Waals surface area contributed by atoms with Crippen LogP contribution in [-0.2, 0) is 20.9 Å². The number of aromatic nitrogens is 4. The van der Waals surface area contributed by atoms with Gasteiger partial charge >= 0.3 is 5.97 Å². The number of carbonyl (C=O) groups excluding carboxylic acids is 2. The van der Waals surface area contributed by atoms with Gasteiger partial charge in [-0.2, -0.15) is 4.80 Å². The van der Waals surface area contributed by atoms with Crippen LogP contribution in [0.3, 0.4) is 0 Å². The number of carbonyl (C=O) groups is 2. The van der Waals surface area contributed by atoms with E-state index in [2.05, 4.69) is 25.5 Å². The summed E-state index contributed by atoms with van der Waals surface area (Å²) in [6, 6.07) is 8.81. The zero-order chi connectivity index (χ0) is 18.1. The summed E-state index contributed by atoms with van der Waals surface area (Å²) in [7, 11) is 1.31. The van der Waals surface area contributed by atoms with E-state index >= 15 is 0 Å². The molecule has 0 unspecified atom stereocenters. The first-order chi connectivity index (χ1) is 12.1. The Hall–Kier alpha value is -2.81. The van der Waals surface area contributed by atoms with Gasteiger partial charge in [0.25, 0.3) is 0 Å². The van der Waals surface area contributed by atoms with Crippen molar-refractivity contribution < 1.29 is 14.3 Å². The minimum absolute atomic E-state index is 0.00150. The summed E-state index contributed by atoms with van der Waals surface area (Å²) < 4.78 is 4.55. The molecule has 9 nitrogen and oxygen atoms in total. The molecule has 0 aliphatic rings. The number of esters is 1. The van der Waals surface area contributed by atoms with Gasteiger partial charge in [0, 0.05) is 12.1 Å². The van der Waals surface area contributed by atoms with Crippen LogP contribution in [0.25, 0.3) is 11.4 Å². The van der Waals surface area contributed by atoms with Gasteiger partial charge in [0.1, 0.15) is 12.6 Å². The number of amides is 1. The third-order valence-electron chi connectivity index (χ3n) is 3.54. The minimum Gasteiger partial charge on any atom is -0.468 e. The number of hydrogen-bond acceptors (Lipinski definition) is 7. The highest BCUT2D eigenvalue weighted by molar-refractivity contribution is 5.75. The van der Waals surface area contributed by atoms with Crippen LogP contribution >= 0.6 is 0 Å². The lowest BCUT2D eigenvalue weighted by Gasteiger charge is -2.09. The molecule has 0 saturated carbocycles. The van der Waals surface area contributed by atoms with E-state index in [0.29, 0.717) is 18.8 Å². The van der Waals surface area contributed by atoms with Crippen molar-refractivity contribution in [1.82, 2.24) is 25.5 Å². The standard InChI is InChI=1S/C16H22N6O3/c1-25-16(24)13(17)9-5-6-10-18-14(23)11-22-20-15(19-21-22)12-7-3-2-4-8-12/h2-4,7-8,13H,5-6,9-11,17H2,1H3,(H,18,23)/t13-/m0/s1. The molecule has 0 radical (unpaired) electrons. The SMILES string of the molecule is COC(=O)[C@@H](N)CCCCNC(=O)Cn1nnc(-c2ccccc2)n1. The fourth-order valence-electron chi connectivity index (χ4n) is 2.18. The van der Waals surface area contributed by atoms with Gasteiger partial charge in [-0.15, -0.1) is 10.2 Å². The first kappa shape index (κ1) is 18.5. The maximum atomic E-state index is 11.9. The predicted molar refractivity (Wildman–Crippen MR) is 90.1 cm³/mol. The normalized spacial score (nSPS) is 11.8. The highest BCUT2D eigenvalue weighted by Gasteiger charge is 2.13. The zero-order valence-corrected chi connectivity index (χ0v) is 14.1. The third kappa shape index (κ3) is 5.96. The third-order valence-corrected chi connectivity index (χ3v) is 3.54. The Morgan fingerprint density at radius 3 is 2.76 bits per heavy atom. The molecule has 134 valence electrons. The molecule has 0 saturated heterocycles. The lowest BCUT2D eigenvalue weighted by molar-refractivity contribution is -0.142. The second-order valence-corrected chi connectivity index (χ2v) is 5.48. The van der Waals surface area contributed by atoms with Gasteiger partial charge in [0.15, 0.2) is 0 Å². The van der Waals surface area contributed by atoms with Crippen LogP contribution in [0.1, 0.15) is 19.3 Å². The molecular formula is C16H22N6O3. The maximum absolute atomic E-state index is 11.9. The molecule has 1 amide bonds. The number of hydrogen-bond donors (Lipinski definition) is 2. The Labute approximate surface area is 145 Å². The smallest absolute Gasteiger partial charge is 0.322 e. The van der Waals surface area contributed by atoms with Crippen molar-refractivity contribution in [3.63, 3.8) is 0 Å². The quantitative estimate of drug-likeness (QED) is 0.488. The predicted octanol–water partition coefficient (Wildman–Crippen LogP) is 0.127. The van der Waals surface area contributed by atoms with Crippen LogP contribution < -0.4 is 11.1 Å². The van der Waals surface area contributed by atoms with Crippen molar-refractivity contribution in [1.29, 1.82) is 0 Å². The Morgan fingerprint density at radius 2 is 2.04 bits per heavy atom. The van der Waals surface area contributed by atoms with Crippen molar-refractivity contribution >= 4 is 11.9 Å². The van der Waals surface area contributed by atoms with Gasteiger partial charge in [-0.25, -0.2) is 0 Å². The molecule has 1 aromatic carbocycles. The lowest BCUT2D eigenvalue weighted by atomic mass is 10.1. The molecule has 0 aliphatic carbocycles. The molecule has 1 heterocycles. The minimum atomic E-state index is -0.614. The van der Waals surface area contributed by atoms with E-state index in [-0.39, 0.29) is 12.5 Å². The first-order valence-electron chi connectivity index (χ1n) is 8.03. The number of unbranched alkanes of at least 4 members (excludes halogenated alkanes) is 1. The molecule has 0 fully saturated rings. The van der Waals surface area contributed by atoms with Crippen molar-refractivity contribution in [2.75, 3.05) is 13.7 Å². The number of nitrogens with two attached hydrogens (primary N) is 1. The Kier molecular flexibility index (Phi) is 7.02. The van der Waals surface area contributed by atoms with Crippen LogP contribution in [0.15, 0.2) is 30.3 Å². The molecule has 25 heavy (non-hydrogen) atoms. The summed E-state index contributed by atoms with van der Waals surface area (Å²) >= 11 is 0. The summed E-state index contributed by atoms with van der Waals surface area (Å²) in [5, 5.41) is 14.8. The maximum Gasteiger partial charge on any atom is 0.322 e. The van der Waals surface area contributed by atoms with Crippen LogP contribution in [-0.4, -0.2) is 51.8 Å². The number of nitrogens with zero attached hydrogens (tertiary/aromatic N) is 4. The van der Waals surface area contributed by atoms with E-state index in [9.17, 15) is 9.59 Å². The molecule has 0 spiro atoms. The summed E-state index contributed by atoms with van der Waals surface area (Å²) in [6.07, 6.45) is 1.96. The highest BCUT2D eigenvalue weighted by atomic mass is 16.5. The van der Waals surface area contributed by atoms with Crippen molar-refractivity contribution in [2.45, 2.75) is 31.8 Å². The van der Waals surface area contributed by atoms with Gasteiger partial charge in [0.05, 0.1) is 7.11 Å². The Bertz CT molecular complexity index is 688. The summed E-state index contributed by atoms with van der Waals surface area (Å²) in [4.78, 5) is 24.3. The number of methoxy groups -OCH3 is 1. The van der Waals surface area contributed by atoms with E-state index < -0.39 is 12.0 Å². The van der Waals surface area contributed by atoms with Crippen LogP contribution in [0.5, 0.6) is 0 Å². The number of tetrazole rings is 1. The molecular weight excluding hydrogens is 324 g/mol. The van der Waals surface area contributed by atoms with Crippen LogP contribution in [0, 0.1) is 0 Å². The second-order valence-electron chi connectivity index (χ2n) is 5.48. The van der Waals surface area contributed by atoms with E-state index in [1.807, 2.05) is 30.3 Å². The highest BCUT2D eigenvalue weighted by Crippen LogP contribution is 2.11. The average Bonchev–Trinajstić information content (AvgIpc) is 3.09. The monoisotopic (exact) mass is 346 g/mol. The molecule has 2 rings (SSSR count). The summed E-state index contributed by atoms with van der Waals surface area (Å²) in [5.74, 6) is -0.144. The molecule has 3 N–H and O–H groups in total. The van der Waals surface area contributed by atoms with E-state index in [4.69, 9.17) is 5.73 Å². The summed E-state index contributed by atoms with van der Waals surface area (Å²) in [5.41, 5.74) is 6.48. The fraction of sp³-hybridized carbons (Fsp3) is 0.438. The van der Waals surface area contributed by atoms with E-state index in [1.54, 1.807) is 0 Å². The van der Waals surface area contributed by atoms with Crippen LogP contribution in [0.4, 0.5) is 0 Å². The fourth-order valence-corrected chi connectivity index (χ4v) is 2.18. The van der Waals surface area contributed by atoms with Gasteiger partial charge in [-0.05, 0) is 24.5 Å². The van der Waals surface area contributed by atoms with Gasteiger partial charge in [-0.1, -0.05) is 30.3 Å². The topological polar surface area (TPSA) is 125 Å². The van der Waals surface area contributed by atoms with Gasteiger partial charge < -0.3 is 15.8 Å². The van der Waals surface area contributed by atoms with Crippen molar-refractivity contribution in [3.05, 3.63) is 30.3 Å². The zero-order valence-electron chi connectivity index (χ0n) is 14.1. The number of benzene rings is 1. The number of rotatable bonds is 9. The largest absolute Gasteiger partial charge is 0.468 e. The number of nitrogens with one attached hydrogen (secondary N) is 1. The molecule has 9 heteroatoms. The second kappa shape index (κ2) is 9.48. The molecule has 2 aromatic rings. The van der Waals surface area contributed by atoms with E-state index in [1.165, 1.54) is 11.9 Å². The van der Waals surface area contributed by atoms with Gasteiger partial charge in [0.2, 0.25) is 11.7 Å². The molecule has 1 atom stereocenters. The van der Waals surface area contributed by atoms with Crippen LogP contribution in [0.2, 0.25) is 0 Å². The summed E-state index contributed by atoms with van der Waals surface area (Å²) in [6.45, 7) is 0.495. The lowest BCUT2D eigenvalue weighted by Crippen LogP contribution is -2.32. The van der Waals surface area contributed by atoms with E-state index in [0.717, 1.165) is 18.4 Å². The Morgan fingerprint density at radius 1 is 1.28 bits per heavy atom. The first-order valence-corrected chi connectivity index (χ1v) is 8.03. The van der Waals surface area contributed by atoms with Gasteiger partial charge in [-0.3, -0.25) is 9.59 Å². The molecule has 0 aliphatic heterocycles. The average molecular weight is 346 g/mol. The molecule has 0 bridgehead atoms.